The number of ether oxygens (including phenoxy) is 2. The SMILES string of the molecule is COc1ccc([C@H]2C(C(=O)c3ccco3)=C(O)C(=O)N2Cc2cccnc2)cc1OC. The van der Waals surface area contributed by atoms with E-state index in [1.54, 1.807) is 42.7 Å². The lowest BCUT2D eigenvalue weighted by Crippen LogP contribution is -2.30. The number of aliphatic hydroxyl groups is 1. The molecular formula is C23H20N2O6. The molecule has 0 unspecified atom stereocenters. The van der Waals surface area contributed by atoms with E-state index >= 15 is 0 Å². The summed E-state index contributed by atoms with van der Waals surface area (Å²) in [6, 6.07) is 10.9. The Balaban J connectivity index is 1.83. The smallest absolute Gasteiger partial charge is 0.290 e. The summed E-state index contributed by atoms with van der Waals surface area (Å²) in [6.45, 7) is 0.144. The van der Waals surface area contributed by atoms with Crippen LogP contribution in [0.3, 0.4) is 0 Å². The number of aliphatic hydroxyl groups excluding tert-OH is 1. The maximum atomic E-state index is 13.2. The van der Waals surface area contributed by atoms with Crippen molar-refractivity contribution >= 4 is 11.7 Å². The van der Waals surface area contributed by atoms with Crippen LogP contribution in [0, 0.1) is 0 Å². The van der Waals surface area contributed by atoms with E-state index in [0.717, 1.165) is 5.56 Å². The normalized spacial score (nSPS) is 16.0. The number of carbonyl (C=O) groups is 2. The van der Waals surface area contributed by atoms with Gasteiger partial charge in [0.25, 0.3) is 5.91 Å². The lowest BCUT2D eigenvalue weighted by Gasteiger charge is -2.27. The number of methoxy groups -OCH3 is 2. The van der Waals surface area contributed by atoms with E-state index < -0.39 is 23.5 Å². The highest BCUT2D eigenvalue weighted by Crippen LogP contribution is 2.42. The number of furan rings is 1. The molecule has 0 spiro atoms. The van der Waals surface area contributed by atoms with E-state index in [4.69, 9.17) is 13.9 Å². The zero-order valence-electron chi connectivity index (χ0n) is 16.9. The quantitative estimate of drug-likeness (QED) is 0.584. The molecule has 0 saturated heterocycles. The molecule has 0 aliphatic carbocycles. The van der Waals surface area contributed by atoms with Gasteiger partial charge < -0.3 is 23.9 Å². The van der Waals surface area contributed by atoms with Gasteiger partial charge in [0.15, 0.2) is 23.0 Å². The molecule has 1 aliphatic heterocycles. The van der Waals surface area contributed by atoms with E-state index in [9.17, 15) is 14.7 Å². The average Bonchev–Trinajstić information content (AvgIpc) is 3.42. The molecule has 1 aromatic carbocycles. The molecule has 1 amide bonds. The highest BCUT2D eigenvalue weighted by molar-refractivity contribution is 6.15. The number of amides is 1. The second-order valence-corrected chi connectivity index (χ2v) is 6.88. The van der Waals surface area contributed by atoms with Crippen LogP contribution in [-0.4, -0.2) is 40.9 Å². The molecule has 8 nitrogen and oxygen atoms in total. The van der Waals surface area contributed by atoms with Gasteiger partial charge >= 0.3 is 0 Å². The van der Waals surface area contributed by atoms with Gasteiger partial charge in [-0.25, -0.2) is 0 Å². The zero-order chi connectivity index (χ0) is 22.0. The highest BCUT2D eigenvalue weighted by Gasteiger charge is 2.44. The van der Waals surface area contributed by atoms with Crippen LogP contribution in [0.2, 0.25) is 0 Å². The highest BCUT2D eigenvalue weighted by atomic mass is 16.5. The molecule has 3 aromatic rings. The molecule has 31 heavy (non-hydrogen) atoms. The lowest BCUT2D eigenvalue weighted by atomic mass is 9.94. The molecule has 158 valence electrons. The van der Waals surface area contributed by atoms with Crippen molar-refractivity contribution in [1.82, 2.24) is 9.88 Å². The standard InChI is InChI=1S/C23H20N2O6/c1-29-16-8-7-15(11-18(16)30-2)20-19(21(26)17-6-4-10-31-17)22(27)23(28)25(20)13-14-5-3-9-24-12-14/h3-12,20,27H,13H2,1-2H3/t20-/m0/s1. The third-order valence-electron chi connectivity index (χ3n) is 5.09. The van der Waals surface area contributed by atoms with Gasteiger partial charge in [-0.1, -0.05) is 12.1 Å². The fourth-order valence-electron chi connectivity index (χ4n) is 3.65. The van der Waals surface area contributed by atoms with Crippen molar-refractivity contribution in [3.05, 3.63) is 89.3 Å². The largest absolute Gasteiger partial charge is 0.503 e. The van der Waals surface area contributed by atoms with Crippen molar-refractivity contribution in [2.75, 3.05) is 14.2 Å². The average molecular weight is 420 g/mol. The van der Waals surface area contributed by atoms with Gasteiger partial charge in [-0.15, -0.1) is 0 Å². The van der Waals surface area contributed by atoms with E-state index in [-0.39, 0.29) is 17.9 Å². The fourth-order valence-corrected chi connectivity index (χ4v) is 3.65. The number of hydrogen-bond donors (Lipinski definition) is 1. The maximum Gasteiger partial charge on any atom is 0.290 e. The molecule has 4 rings (SSSR count). The van der Waals surface area contributed by atoms with Crippen molar-refractivity contribution < 1.29 is 28.6 Å². The molecule has 1 atom stereocenters. The minimum absolute atomic E-state index is 0.0306. The molecular weight excluding hydrogens is 400 g/mol. The Labute approximate surface area is 178 Å². The summed E-state index contributed by atoms with van der Waals surface area (Å²) in [6.07, 6.45) is 4.62. The van der Waals surface area contributed by atoms with Gasteiger partial charge in [0.2, 0.25) is 5.78 Å². The fraction of sp³-hybridized carbons (Fsp3) is 0.174. The lowest BCUT2D eigenvalue weighted by molar-refractivity contribution is -0.130. The van der Waals surface area contributed by atoms with Crippen LogP contribution in [0.25, 0.3) is 0 Å². The Kier molecular flexibility index (Phi) is 5.44. The minimum Gasteiger partial charge on any atom is -0.503 e. The first kappa shape index (κ1) is 20.2. The summed E-state index contributed by atoms with van der Waals surface area (Å²) in [5, 5.41) is 10.7. The summed E-state index contributed by atoms with van der Waals surface area (Å²) >= 11 is 0. The van der Waals surface area contributed by atoms with Crippen LogP contribution >= 0.6 is 0 Å². The molecule has 1 aliphatic rings. The third kappa shape index (κ3) is 3.63. The molecule has 8 heteroatoms. The predicted molar refractivity (Wildman–Crippen MR) is 110 cm³/mol. The van der Waals surface area contributed by atoms with Crippen LogP contribution in [0.5, 0.6) is 11.5 Å². The van der Waals surface area contributed by atoms with Crippen molar-refractivity contribution in [3.8, 4) is 11.5 Å². The number of hydrogen-bond acceptors (Lipinski definition) is 7. The summed E-state index contributed by atoms with van der Waals surface area (Å²) in [5.41, 5.74) is 1.27. The maximum absolute atomic E-state index is 13.2. The van der Waals surface area contributed by atoms with Gasteiger partial charge in [0.1, 0.15) is 0 Å². The monoisotopic (exact) mass is 420 g/mol. The predicted octanol–water partition coefficient (Wildman–Crippen LogP) is 3.47. The molecule has 0 radical (unpaired) electrons. The second-order valence-electron chi connectivity index (χ2n) is 6.88. The Morgan fingerprint density at radius 2 is 1.97 bits per heavy atom. The molecule has 0 bridgehead atoms. The van der Waals surface area contributed by atoms with Crippen LogP contribution in [-0.2, 0) is 11.3 Å². The molecule has 1 N–H and O–H groups in total. The first-order chi connectivity index (χ1) is 15.0. The van der Waals surface area contributed by atoms with E-state index in [0.29, 0.717) is 17.1 Å². The number of benzene rings is 1. The molecule has 2 aromatic heterocycles. The summed E-state index contributed by atoms with van der Waals surface area (Å²) in [5.74, 6) is -0.859. The zero-order valence-corrected chi connectivity index (χ0v) is 16.9. The van der Waals surface area contributed by atoms with E-state index in [1.807, 2.05) is 6.07 Å². The molecule has 3 heterocycles. The van der Waals surface area contributed by atoms with Gasteiger partial charge in [0, 0.05) is 18.9 Å². The van der Waals surface area contributed by atoms with Crippen LogP contribution in [0.1, 0.15) is 27.7 Å². The second kappa shape index (κ2) is 8.35. The van der Waals surface area contributed by atoms with Crippen molar-refractivity contribution in [1.29, 1.82) is 0 Å². The Morgan fingerprint density at radius 3 is 2.61 bits per heavy atom. The van der Waals surface area contributed by atoms with Gasteiger partial charge in [-0.05, 0) is 41.5 Å². The number of Topliss-reactive ketones (excluding diaryl/α,β-unsaturated/α-hetero) is 1. The topological polar surface area (TPSA) is 102 Å². The minimum atomic E-state index is -0.856. The number of ketones is 1. The third-order valence-corrected chi connectivity index (χ3v) is 5.09. The van der Waals surface area contributed by atoms with Crippen molar-refractivity contribution in [2.24, 2.45) is 0 Å². The first-order valence-corrected chi connectivity index (χ1v) is 9.48. The molecule has 0 saturated carbocycles. The number of aromatic nitrogens is 1. The van der Waals surface area contributed by atoms with Gasteiger partial charge in [0.05, 0.1) is 32.1 Å². The van der Waals surface area contributed by atoms with Gasteiger partial charge in [-0.2, -0.15) is 0 Å². The number of carbonyl (C=O) groups excluding carboxylic acids is 2. The van der Waals surface area contributed by atoms with E-state index in [1.165, 1.54) is 31.4 Å². The summed E-state index contributed by atoms with van der Waals surface area (Å²) in [4.78, 5) is 31.7. The van der Waals surface area contributed by atoms with Crippen molar-refractivity contribution in [2.45, 2.75) is 12.6 Å². The van der Waals surface area contributed by atoms with Crippen LogP contribution in [0.15, 0.2) is 76.9 Å². The van der Waals surface area contributed by atoms with Crippen LogP contribution < -0.4 is 9.47 Å². The number of pyridine rings is 1. The van der Waals surface area contributed by atoms with Crippen molar-refractivity contribution in [3.63, 3.8) is 0 Å². The molecule has 0 fully saturated rings. The summed E-state index contributed by atoms with van der Waals surface area (Å²) in [7, 11) is 3.01. The van der Waals surface area contributed by atoms with Gasteiger partial charge in [-0.3, -0.25) is 14.6 Å². The first-order valence-electron chi connectivity index (χ1n) is 9.48. The number of nitrogens with zero attached hydrogens (tertiary/aromatic N) is 2. The Morgan fingerprint density at radius 1 is 1.16 bits per heavy atom. The Hall–Kier alpha value is -4.07. The Bertz CT molecular complexity index is 1140. The summed E-state index contributed by atoms with van der Waals surface area (Å²) < 4.78 is 15.9. The van der Waals surface area contributed by atoms with E-state index in [2.05, 4.69) is 4.98 Å². The number of rotatable bonds is 7. The van der Waals surface area contributed by atoms with Crippen LogP contribution in [0.4, 0.5) is 0 Å².